The summed E-state index contributed by atoms with van der Waals surface area (Å²) < 4.78 is 5.62. The van der Waals surface area contributed by atoms with Crippen LogP contribution in [0.3, 0.4) is 0 Å². The summed E-state index contributed by atoms with van der Waals surface area (Å²) >= 11 is 9.13. The summed E-state index contributed by atoms with van der Waals surface area (Å²) in [5.74, 6) is -0.957. The van der Waals surface area contributed by atoms with Crippen molar-refractivity contribution < 1.29 is 14.3 Å². The largest absolute Gasteiger partial charge is 0.464 e. The van der Waals surface area contributed by atoms with Crippen molar-refractivity contribution in [1.82, 2.24) is 0 Å². The fourth-order valence-corrected chi connectivity index (χ4v) is 2.16. The van der Waals surface area contributed by atoms with Gasteiger partial charge < -0.3 is 10.1 Å². The summed E-state index contributed by atoms with van der Waals surface area (Å²) in [6, 6.07) is 13.6. The Bertz CT molecular complexity index is 739. The van der Waals surface area contributed by atoms with Crippen LogP contribution in [0.5, 0.6) is 0 Å². The molecule has 0 aliphatic rings. The van der Waals surface area contributed by atoms with E-state index in [1.165, 1.54) is 13.2 Å². The number of hydrogen-bond donors (Lipinski definition) is 1. The van der Waals surface area contributed by atoms with Crippen LogP contribution in [0.4, 0.5) is 5.69 Å². The molecule has 0 fully saturated rings. The maximum atomic E-state index is 12.3. The van der Waals surface area contributed by atoms with Gasteiger partial charge in [0.05, 0.1) is 7.11 Å². The molecule has 0 amide bonds. The molecule has 0 spiro atoms. The first-order valence-electron chi connectivity index (χ1n) is 6.62. The molecule has 0 radical (unpaired) electrons. The zero-order valence-corrected chi connectivity index (χ0v) is 14.5. The number of allylic oxidation sites excluding steroid dienone is 1. The highest BCUT2D eigenvalue weighted by Crippen LogP contribution is 2.17. The highest BCUT2D eigenvalue weighted by molar-refractivity contribution is 9.10. The monoisotopic (exact) mass is 393 g/mol. The Kier molecular flexibility index (Phi) is 5.96. The molecule has 0 aromatic heterocycles. The lowest BCUT2D eigenvalue weighted by atomic mass is 10.1. The summed E-state index contributed by atoms with van der Waals surface area (Å²) in [5, 5.41) is 3.42. The van der Waals surface area contributed by atoms with E-state index < -0.39 is 5.97 Å². The molecular formula is C17H13BrClNO3. The Morgan fingerprint density at radius 3 is 2.26 bits per heavy atom. The number of rotatable bonds is 5. The highest BCUT2D eigenvalue weighted by atomic mass is 79.9. The molecule has 0 atom stereocenters. The minimum absolute atomic E-state index is 0.0507. The first-order chi connectivity index (χ1) is 11.0. The van der Waals surface area contributed by atoms with Crippen molar-refractivity contribution in [3.8, 4) is 0 Å². The van der Waals surface area contributed by atoms with Crippen molar-refractivity contribution >= 4 is 45.0 Å². The van der Waals surface area contributed by atoms with Crippen LogP contribution in [0.2, 0.25) is 5.02 Å². The van der Waals surface area contributed by atoms with Crippen LogP contribution in [0.15, 0.2) is 64.8 Å². The van der Waals surface area contributed by atoms with Gasteiger partial charge in [-0.25, -0.2) is 4.79 Å². The molecule has 4 nitrogen and oxygen atoms in total. The van der Waals surface area contributed by atoms with Crippen molar-refractivity contribution in [3.05, 3.63) is 75.4 Å². The van der Waals surface area contributed by atoms with E-state index in [0.29, 0.717) is 16.3 Å². The zero-order valence-electron chi connectivity index (χ0n) is 12.2. The number of ether oxygens (including phenoxy) is 1. The summed E-state index contributed by atoms with van der Waals surface area (Å²) in [4.78, 5) is 24.1. The van der Waals surface area contributed by atoms with Crippen LogP contribution in [-0.4, -0.2) is 18.9 Å². The van der Waals surface area contributed by atoms with Gasteiger partial charge in [0, 0.05) is 26.8 Å². The first-order valence-corrected chi connectivity index (χ1v) is 7.79. The van der Waals surface area contributed by atoms with E-state index >= 15 is 0 Å². The summed E-state index contributed by atoms with van der Waals surface area (Å²) in [7, 11) is 1.26. The predicted molar refractivity (Wildman–Crippen MR) is 93.6 cm³/mol. The number of esters is 1. The van der Waals surface area contributed by atoms with Crippen molar-refractivity contribution in [2.75, 3.05) is 12.4 Å². The van der Waals surface area contributed by atoms with E-state index in [9.17, 15) is 9.59 Å². The lowest BCUT2D eigenvalue weighted by Crippen LogP contribution is -2.15. The van der Waals surface area contributed by atoms with Crippen molar-refractivity contribution in [1.29, 1.82) is 0 Å². The molecule has 0 unspecified atom stereocenters. The van der Waals surface area contributed by atoms with E-state index in [4.69, 9.17) is 16.3 Å². The van der Waals surface area contributed by atoms with Gasteiger partial charge in [0.15, 0.2) is 5.78 Å². The number of carbonyl (C=O) groups is 2. The molecule has 118 valence electrons. The normalized spacial score (nSPS) is 11.0. The quantitative estimate of drug-likeness (QED) is 0.462. The minimum atomic E-state index is -0.629. The van der Waals surface area contributed by atoms with Gasteiger partial charge in [-0.2, -0.15) is 0 Å². The van der Waals surface area contributed by atoms with Gasteiger partial charge in [-0.05, 0) is 48.5 Å². The van der Waals surface area contributed by atoms with Crippen LogP contribution in [0.25, 0.3) is 0 Å². The molecule has 6 heteroatoms. The molecule has 0 aliphatic carbocycles. The van der Waals surface area contributed by atoms with Gasteiger partial charge in [0.25, 0.3) is 0 Å². The second kappa shape index (κ2) is 7.94. The molecule has 0 heterocycles. The molecule has 2 aromatic rings. The van der Waals surface area contributed by atoms with Gasteiger partial charge in [-0.15, -0.1) is 0 Å². The second-order valence-electron chi connectivity index (χ2n) is 4.55. The van der Waals surface area contributed by atoms with Gasteiger partial charge in [-0.1, -0.05) is 27.5 Å². The number of methoxy groups -OCH3 is 1. The molecular weight excluding hydrogens is 382 g/mol. The fraction of sp³-hybridized carbons (Fsp3) is 0.0588. The van der Waals surface area contributed by atoms with E-state index in [1.807, 2.05) is 12.1 Å². The topological polar surface area (TPSA) is 55.4 Å². The smallest absolute Gasteiger partial charge is 0.354 e. The highest BCUT2D eigenvalue weighted by Gasteiger charge is 2.13. The summed E-state index contributed by atoms with van der Waals surface area (Å²) in [6.07, 6.45) is 1.21. The SMILES string of the molecule is COC(=O)/C(=C\C(=O)c1ccc(Cl)cc1)Nc1ccc(Br)cc1. The number of benzene rings is 2. The summed E-state index contributed by atoms with van der Waals surface area (Å²) in [6.45, 7) is 0. The molecule has 0 aliphatic heterocycles. The Morgan fingerprint density at radius 2 is 1.70 bits per heavy atom. The Morgan fingerprint density at radius 1 is 1.09 bits per heavy atom. The molecule has 23 heavy (non-hydrogen) atoms. The third kappa shape index (κ3) is 4.94. The van der Waals surface area contributed by atoms with E-state index in [0.717, 1.165) is 4.47 Å². The zero-order chi connectivity index (χ0) is 16.8. The van der Waals surface area contributed by atoms with Gasteiger partial charge in [0.2, 0.25) is 0 Å². The van der Waals surface area contributed by atoms with Gasteiger partial charge in [-0.3, -0.25) is 4.79 Å². The molecule has 0 saturated carbocycles. The average molecular weight is 395 g/mol. The van der Waals surface area contributed by atoms with Gasteiger partial charge >= 0.3 is 5.97 Å². The summed E-state index contributed by atoms with van der Waals surface area (Å²) in [5.41, 5.74) is 1.14. The van der Waals surface area contributed by atoms with Crippen LogP contribution >= 0.6 is 27.5 Å². The maximum Gasteiger partial charge on any atom is 0.354 e. The van der Waals surface area contributed by atoms with Gasteiger partial charge in [0.1, 0.15) is 5.70 Å². The lowest BCUT2D eigenvalue weighted by Gasteiger charge is -2.09. The fourth-order valence-electron chi connectivity index (χ4n) is 1.77. The van der Waals surface area contributed by atoms with E-state index in [-0.39, 0.29) is 11.5 Å². The standard InChI is InChI=1S/C17H13BrClNO3/c1-23-17(22)15(20-14-8-4-12(18)5-9-14)10-16(21)11-2-6-13(19)7-3-11/h2-10,20H,1H3/b15-10+. The molecule has 0 saturated heterocycles. The number of nitrogens with one attached hydrogen (secondary N) is 1. The third-order valence-corrected chi connectivity index (χ3v) is 3.71. The number of halogens is 2. The maximum absolute atomic E-state index is 12.3. The Balaban J connectivity index is 2.26. The molecule has 2 aromatic carbocycles. The molecule has 0 bridgehead atoms. The van der Waals surface area contributed by atoms with Crippen LogP contribution in [0, 0.1) is 0 Å². The Labute approximate surface area is 147 Å². The molecule has 1 N–H and O–H groups in total. The van der Waals surface area contributed by atoms with E-state index in [2.05, 4.69) is 21.2 Å². The van der Waals surface area contributed by atoms with Crippen molar-refractivity contribution in [3.63, 3.8) is 0 Å². The van der Waals surface area contributed by atoms with Crippen molar-refractivity contribution in [2.45, 2.75) is 0 Å². The van der Waals surface area contributed by atoms with Crippen LogP contribution < -0.4 is 5.32 Å². The molecule has 2 rings (SSSR count). The lowest BCUT2D eigenvalue weighted by molar-refractivity contribution is -0.135. The number of hydrogen-bond acceptors (Lipinski definition) is 4. The van der Waals surface area contributed by atoms with Crippen molar-refractivity contribution in [2.24, 2.45) is 0 Å². The number of carbonyl (C=O) groups excluding carboxylic acids is 2. The number of anilines is 1. The predicted octanol–water partition coefficient (Wildman–Crippen LogP) is 4.45. The van der Waals surface area contributed by atoms with Crippen LogP contribution in [-0.2, 0) is 9.53 Å². The second-order valence-corrected chi connectivity index (χ2v) is 5.90. The number of ketones is 1. The minimum Gasteiger partial charge on any atom is -0.464 e. The first kappa shape index (κ1) is 17.2. The third-order valence-electron chi connectivity index (χ3n) is 2.93. The van der Waals surface area contributed by atoms with E-state index in [1.54, 1.807) is 36.4 Å². The average Bonchev–Trinajstić information content (AvgIpc) is 2.56. The Hall–Kier alpha value is -2.11. The van der Waals surface area contributed by atoms with Crippen LogP contribution in [0.1, 0.15) is 10.4 Å².